The molecule has 0 aromatic heterocycles. The lowest BCUT2D eigenvalue weighted by molar-refractivity contribution is 0.0697. The summed E-state index contributed by atoms with van der Waals surface area (Å²) < 4.78 is 12.4. The zero-order valence-electron chi connectivity index (χ0n) is 15.0. The maximum Gasteiger partial charge on any atom is 0.335 e. The summed E-state index contributed by atoms with van der Waals surface area (Å²) in [6, 6.07) is 6.41. The van der Waals surface area contributed by atoms with E-state index in [1.54, 1.807) is 12.1 Å². The zero-order chi connectivity index (χ0) is 19.2. The first-order chi connectivity index (χ1) is 12.3. The van der Waals surface area contributed by atoms with Crippen LogP contribution >= 0.6 is 7.37 Å². The summed E-state index contributed by atoms with van der Waals surface area (Å²) in [5.41, 5.74) is 1.11. The Labute approximate surface area is 154 Å². The fraction of sp³-hybridized carbons (Fsp3) is 0.526. The summed E-state index contributed by atoms with van der Waals surface area (Å²) in [4.78, 5) is 21.1. The highest BCUT2D eigenvalue weighted by Gasteiger charge is 2.27. The summed E-state index contributed by atoms with van der Waals surface area (Å²) >= 11 is 0. The van der Waals surface area contributed by atoms with Crippen LogP contribution in [0.5, 0.6) is 0 Å². The fourth-order valence-corrected chi connectivity index (χ4v) is 5.31. The number of aromatic carboxylic acids is 1. The minimum absolute atomic E-state index is 0.103. The second-order valence-electron chi connectivity index (χ2n) is 7.07. The fourth-order valence-electron chi connectivity index (χ4n) is 3.24. The molecule has 0 radical (unpaired) electrons. The average Bonchev–Trinajstić information content (AvgIpc) is 2.59. The van der Waals surface area contributed by atoms with Gasteiger partial charge in [0.2, 0.25) is 7.37 Å². The Morgan fingerprint density at radius 1 is 1.31 bits per heavy atom. The van der Waals surface area contributed by atoms with Crippen molar-refractivity contribution in [3.8, 4) is 0 Å². The molecule has 6 nitrogen and oxygen atoms in total. The van der Waals surface area contributed by atoms with Gasteiger partial charge in [0.05, 0.1) is 17.8 Å². The average molecular weight is 381 g/mol. The van der Waals surface area contributed by atoms with Gasteiger partial charge in [-0.05, 0) is 49.8 Å². The SMILES string of the molecule is C[C@H](NC[C@@H](O)CP(=O)(O)CC1CC=CCC1)c1ccc(C(=O)O)cc1. The van der Waals surface area contributed by atoms with Crippen LogP contribution in [0.3, 0.4) is 0 Å². The molecule has 4 atom stereocenters. The Balaban J connectivity index is 1.79. The Bertz CT molecular complexity index is 673. The predicted molar refractivity (Wildman–Crippen MR) is 102 cm³/mol. The van der Waals surface area contributed by atoms with Gasteiger partial charge in [-0.2, -0.15) is 0 Å². The monoisotopic (exact) mass is 381 g/mol. The van der Waals surface area contributed by atoms with Crippen LogP contribution in [0.25, 0.3) is 0 Å². The summed E-state index contributed by atoms with van der Waals surface area (Å²) in [7, 11) is -3.36. The molecular formula is C19H28NO5P. The molecule has 0 bridgehead atoms. The number of hydrogen-bond donors (Lipinski definition) is 4. The van der Waals surface area contributed by atoms with E-state index in [0.717, 1.165) is 24.8 Å². The van der Waals surface area contributed by atoms with Gasteiger partial charge in [0.1, 0.15) is 0 Å². The molecule has 1 aromatic rings. The van der Waals surface area contributed by atoms with Gasteiger partial charge >= 0.3 is 5.97 Å². The zero-order valence-corrected chi connectivity index (χ0v) is 15.9. The van der Waals surface area contributed by atoms with Gasteiger partial charge in [-0.25, -0.2) is 4.79 Å². The molecule has 1 aliphatic carbocycles. The molecule has 144 valence electrons. The molecule has 2 rings (SSSR count). The maximum absolute atomic E-state index is 12.4. The third-order valence-corrected chi connectivity index (χ3v) is 6.81. The molecule has 1 aliphatic rings. The molecule has 4 N–H and O–H groups in total. The van der Waals surface area contributed by atoms with Crippen molar-refractivity contribution in [2.24, 2.45) is 5.92 Å². The molecule has 1 aromatic carbocycles. The summed E-state index contributed by atoms with van der Waals surface area (Å²) in [5, 5.41) is 22.2. The van der Waals surface area contributed by atoms with Gasteiger partial charge in [0, 0.05) is 18.7 Å². The van der Waals surface area contributed by atoms with E-state index in [1.165, 1.54) is 12.1 Å². The third-order valence-electron chi connectivity index (χ3n) is 4.73. The highest BCUT2D eigenvalue weighted by Crippen LogP contribution is 2.45. The molecule has 26 heavy (non-hydrogen) atoms. The number of aliphatic hydroxyl groups is 1. The van der Waals surface area contributed by atoms with Crippen LogP contribution in [0.4, 0.5) is 0 Å². The minimum atomic E-state index is -3.36. The number of nitrogens with one attached hydrogen (secondary N) is 1. The first-order valence-electron chi connectivity index (χ1n) is 8.97. The number of aliphatic hydroxyl groups excluding tert-OH is 1. The number of allylic oxidation sites excluding steroid dienone is 2. The van der Waals surface area contributed by atoms with Crippen LogP contribution in [0.1, 0.15) is 48.1 Å². The number of carboxylic acid groups (broad SMARTS) is 1. The van der Waals surface area contributed by atoms with E-state index >= 15 is 0 Å². The van der Waals surface area contributed by atoms with E-state index in [2.05, 4.69) is 17.5 Å². The summed E-state index contributed by atoms with van der Waals surface area (Å²) in [6.45, 7) is 2.10. The third kappa shape index (κ3) is 6.69. The quantitative estimate of drug-likeness (QED) is 0.387. The van der Waals surface area contributed by atoms with Crippen molar-refractivity contribution in [1.82, 2.24) is 5.32 Å². The van der Waals surface area contributed by atoms with Crippen LogP contribution in [0.2, 0.25) is 0 Å². The Morgan fingerprint density at radius 2 is 2.00 bits per heavy atom. The summed E-state index contributed by atoms with van der Waals surface area (Å²) in [6.07, 6.45) is 6.14. The lowest BCUT2D eigenvalue weighted by Gasteiger charge is -2.23. The van der Waals surface area contributed by atoms with E-state index < -0.39 is 19.4 Å². The molecule has 0 fully saturated rings. The van der Waals surface area contributed by atoms with Gasteiger partial charge in [-0.15, -0.1) is 0 Å². The van der Waals surface area contributed by atoms with Gasteiger partial charge in [0.25, 0.3) is 0 Å². The maximum atomic E-state index is 12.4. The van der Waals surface area contributed by atoms with Gasteiger partial charge in [-0.1, -0.05) is 24.3 Å². The second kappa shape index (κ2) is 9.47. The van der Waals surface area contributed by atoms with Crippen LogP contribution in [-0.4, -0.2) is 46.0 Å². The first kappa shape index (κ1) is 20.8. The van der Waals surface area contributed by atoms with Crippen LogP contribution in [0, 0.1) is 5.92 Å². The lowest BCUT2D eigenvalue weighted by Crippen LogP contribution is -2.32. The number of carbonyl (C=O) groups is 1. The lowest BCUT2D eigenvalue weighted by atomic mass is 9.96. The Kier molecular flexibility index (Phi) is 7.59. The largest absolute Gasteiger partial charge is 0.478 e. The number of carboxylic acids is 1. The van der Waals surface area contributed by atoms with Crippen LogP contribution in [-0.2, 0) is 4.57 Å². The van der Waals surface area contributed by atoms with Crippen LogP contribution < -0.4 is 5.32 Å². The predicted octanol–water partition coefficient (Wildman–Crippen LogP) is 3.02. The normalized spacial score (nSPS) is 21.7. The summed E-state index contributed by atoms with van der Waals surface area (Å²) in [5.74, 6) is -0.748. The standard InChI is InChI=1S/C19H28NO5P/c1-14(16-7-9-17(10-8-16)19(22)23)20-11-18(21)13-26(24,25)12-15-5-3-2-4-6-15/h2-3,7-10,14-15,18,20-21H,4-6,11-13H2,1H3,(H,22,23)(H,24,25)/t14-,15?,18+/m0/s1. The van der Waals surface area contributed by atoms with Crippen molar-refractivity contribution in [1.29, 1.82) is 0 Å². The highest BCUT2D eigenvalue weighted by molar-refractivity contribution is 7.58. The molecule has 0 saturated heterocycles. The van der Waals surface area contributed by atoms with Gasteiger partial charge < -0.3 is 20.4 Å². The van der Waals surface area contributed by atoms with E-state index in [-0.39, 0.29) is 36.4 Å². The Morgan fingerprint density at radius 3 is 2.58 bits per heavy atom. The van der Waals surface area contributed by atoms with E-state index in [9.17, 15) is 19.4 Å². The molecule has 0 saturated carbocycles. The molecule has 0 spiro atoms. The molecule has 7 heteroatoms. The molecule has 0 heterocycles. The molecule has 0 aliphatic heterocycles. The van der Waals surface area contributed by atoms with Crippen molar-refractivity contribution in [2.45, 2.75) is 38.3 Å². The van der Waals surface area contributed by atoms with E-state index in [4.69, 9.17) is 5.11 Å². The van der Waals surface area contributed by atoms with Crippen molar-refractivity contribution >= 4 is 13.3 Å². The van der Waals surface area contributed by atoms with Gasteiger partial charge in [-0.3, -0.25) is 4.57 Å². The number of hydrogen-bond acceptors (Lipinski definition) is 4. The van der Waals surface area contributed by atoms with Crippen molar-refractivity contribution in [3.63, 3.8) is 0 Å². The van der Waals surface area contributed by atoms with Gasteiger partial charge in [0.15, 0.2) is 0 Å². The van der Waals surface area contributed by atoms with Crippen molar-refractivity contribution < 1.29 is 24.5 Å². The molecule has 0 amide bonds. The van der Waals surface area contributed by atoms with E-state index in [1.807, 2.05) is 6.92 Å². The van der Waals surface area contributed by atoms with Crippen molar-refractivity contribution in [2.75, 3.05) is 18.9 Å². The highest BCUT2D eigenvalue weighted by atomic mass is 31.2. The molecule has 2 unspecified atom stereocenters. The van der Waals surface area contributed by atoms with E-state index in [0.29, 0.717) is 0 Å². The first-order valence-corrected chi connectivity index (χ1v) is 11.0. The topological polar surface area (TPSA) is 107 Å². The second-order valence-corrected chi connectivity index (χ2v) is 9.50. The smallest absolute Gasteiger partial charge is 0.335 e. The number of rotatable bonds is 9. The van der Waals surface area contributed by atoms with Crippen LogP contribution in [0.15, 0.2) is 36.4 Å². The minimum Gasteiger partial charge on any atom is -0.478 e. The molecular weight excluding hydrogens is 353 g/mol. The van der Waals surface area contributed by atoms with Crippen molar-refractivity contribution in [3.05, 3.63) is 47.5 Å². The Hall–Kier alpha value is -1.46. The number of benzene rings is 1.